The second-order valence-corrected chi connectivity index (χ2v) is 6.71. The van der Waals surface area contributed by atoms with Crippen molar-refractivity contribution >= 4 is 27.5 Å². The van der Waals surface area contributed by atoms with E-state index in [2.05, 4.69) is 31.4 Å². The summed E-state index contributed by atoms with van der Waals surface area (Å²) < 4.78 is 14.5. The van der Waals surface area contributed by atoms with Gasteiger partial charge in [-0.05, 0) is 50.6 Å². The van der Waals surface area contributed by atoms with Crippen molar-refractivity contribution in [3.63, 3.8) is 0 Å². The number of carbonyl (C=O) groups is 1. The van der Waals surface area contributed by atoms with Crippen molar-refractivity contribution in [3.8, 4) is 5.69 Å². The summed E-state index contributed by atoms with van der Waals surface area (Å²) in [6.07, 6.45) is 0. The lowest BCUT2D eigenvalue weighted by atomic mass is 10.1. The van der Waals surface area contributed by atoms with E-state index in [1.165, 1.54) is 16.9 Å². The van der Waals surface area contributed by atoms with E-state index in [0.29, 0.717) is 10.2 Å². The second-order valence-electron chi connectivity index (χ2n) is 5.79. The Morgan fingerprint density at radius 2 is 1.88 bits per heavy atom. The van der Waals surface area contributed by atoms with E-state index >= 15 is 0 Å². The summed E-state index contributed by atoms with van der Waals surface area (Å²) in [5.41, 5.74) is 3.64. The Labute approximate surface area is 153 Å². The Balaban J connectivity index is 1.90. The Kier molecular flexibility index (Phi) is 4.67. The molecule has 5 nitrogen and oxygen atoms in total. The van der Waals surface area contributed by atoms with Crippen LogP contribution in [0.5, 0.6) is 0 Å². The number of aromatic nitrogens is 3. The van der Waals surface area contributed by atoms with Crippen LogP contribution in [-0.4, -0.2) is 20.9 Å². The van der Waals surface area contributed by atoms with Crippen LogP contribution in [0.4, 0.5) is 10.1 Å². The zero-order chi connectivity index (χ0) is 18.1. The summed E-state index contributed by atoms with van der Waals surface area (Å²) in [5, 5.41) is 11.1. The first kappa shape index (κ1) is 17.3. The Morgan fingerprint density at radius 1 is 1.12 bits per heavy atom. The van der Waals surface area contributed by atoms with Gasteiger partial charge in [0.2, 0.25) is 0 Å². The number of nitrogens with zero attached hydrogens (tertiary/aromatic N) is 3. The van der Waals surface area contributed by atoms with Crippen LogP contribution in [0.3, 0.4) is 0 Å². The molecule has 1 N–H and O–H groups in total. The van der Waals surface area contributed by atoms with Crippen molar-refractivity contribution in [1.29, 1.82) is 0 Å². The average Bonchev–Trinajstić information content (AvgIpc) is 2.91. The quantitative estimate of drug-likeness (QED) is 0.708. The first-order valence-electron chi connectivity index (χ1n) is 7.63. The van der Waals surface area contributed by atoms with Gasteiger partial charge in [-0.1, -0.05) is 33.6 Å². The van der Waals surface area contributed by atoms with Gasteiger partial charge in [-0.2, -0.15) is 9.90 Å². The second kappa shape index (κ2) is 6.76. The summed E-state index contributed by atoms with van der Waals surface area (Å²) in [6.45, 7) is 5.65. The number of hydrogen-bond acceptors (Lipinski definition) is 3. The van der Waals surface area contributed by atoms with E-state index in [1.807, 2.05) is 32.0 Å². The van der Waals surface area contributed by atoms with E-state index in [-0.39, 0.29) is 11.4 Å². The number of benzene rings is 2. The van der Waals surface area contributed by atoms with Crippen LogP contribution < -0.4 is 5.32 Å². The highest BCUT2D eigenvalue weighted by molar-refractivity contribution is 9.10. The van der Waals surface area contributed by atoms with Crippen LogP contribution in [-0.2, 0) is 0 Å². The molecule has 128 valence electrons. The number of amides is 1. The molecule has 2 aromatic carbocycles. The van der Waals surface area contributed by atoms with Crippen LogP contribution >= 0.6 is 15.9 Å². The van der Waals surface area contributed by atoms with E-state index < -0.39 is 11.7 Å². The molecule has 3 rings (SSSR count). The van der Waals surface area contributed by atoms with E-state index in [9.17, 15) is 9.18 Å². The van der Waals surface area contributed by atoms with Crippen LogP contribution in [0.15, 0.2) is 40.9 Å². The Morgan fingerprint density at radius 3 is 2.56 bits per heavy atom. The zero-order valence-electron chi connectivity index (χ0n) is 14.0. The molecule has 7 heteroatoms. The lowest BCUT2D eigenvalue weighted by Crippen LogP contribution is -2.15. The molecular weight excluding hydrogens is 387 g/mol. The summed E-state index contributed by atoms with van der Waals surface area (Å²) in [5.74, 6) is -1.03. The van der Waals surface area contributed by atoms with Gasteiger partial charge in [-0.25, -0.2) is 4.39 Å². The van der Waals surface area contributed by atoms with Crippen LogP contribution in [0.2, 0.25) is 0 Å². The Bertz CT molecular complexity index is 968. The Hall–Kier alpha value is -2.54. The van der Waals surface area contributed by atoms with E-state index in [0.717, 1.165) is 16.8 Å². The van der Waals surface area contributed by atoms with Crippen LogP contribution in [0, 0.1) is 26.6 Å². The van der Waals surface area contributed by atoms with Crippen LogP contribution in [0.25, 0.3) is 5.69 Å². The largest absolute Gasteiger partial charge is 0.318 e. The van der Waals surface area contributed by atoms with Crippen LogP contribution in [0.1, 0.15) is 27.3 Å². The highest BCUT2D eigenvalue weighted by atomic mass is 79.9. The smallest absolute Gasteiger partial charge is 0.278 e. The standard InChI is InChI=1S/C18H16BrFN4O/c1-10-4-7-16(11(2)8-10)24-22-12(3)17(23-24)18(25)21-15-6-5-13(19)9-14(15)20/h4-9H,1-3H3,(H,21,25). The van der Waals surface area contributed by atoms with Gasteiger partial charge in [-0.15, -0.1) is 5.10 Å². The van der Waals surface area contributed by atoms with Crippen molar-refractivity contribution in [2.45, 2.75) is 20.8 Å². The number of halogens is 2. The lowest BCUT2D eigenvalue weighted by molar-refractivity contribution is 0.102. The van der Waals surface area contributed by atoms with Gasteiger partial charge >= 0.3 is 0 Å². The van der Waals surface area contributed by atoms with Gasteiger partial charge in [0, 0.05) is 4.47 Å². The number of anilines is 1. The molecule has 0 aliphatic heterocycles. The number of nitrogens with one attached hydrogen (secondary N) is 1. The predicted octanol–water partition coefficient (Wildman–Crippen LogP) is 4.35. The molecule has 1 aromatic heterocycles. The molecular formula is C18H16BrFN4O. The monoisotopic (exact) mass is 402 g/mol. The molecule has 0 saturated carbocycles. The molecule has 25 heavy (non-hydrogen) atoms. The molecule has 0 bridgehead atoms. The molecule has 0 aliphatic carbocycles. The summed E-state index contributed by atoms with van der Waals surface area (Å²) in [6, 6.07) is 10.3. The minimum Gasteiger partial charge on any atom is -0.318 e. The summed E-state index contributed by atoms with van der Waals surface area (Å²) in [7, 11) is 0. The average molecular weight is 403 g/mol. The highest BCUT2D eigenvalue weighted by Gasteiger charge is 2.18. The minimum absolute atomic E-state index is 0.0914. The van der Waals surface area contributed by atoms with Crippen molar-refractivity contribution in [2.24, 2.45) is 0 Å². The third-order valence-electron chi connectivity index (χ3n) is 3.74. The number of rotatable bonds is 3. The molecule has 1 heterocycles. The summed E-state index contributed by atoms with van der Waals surface area (Å²) >= 11 is 3.18. The van der Waals surface area contributed by atoms with E-state index in [4.69, 9.17) is 0 Å². The SMILES string of the molecule is Cc1ccc(-n2nc(C)c(C(=O)Nc3ccc(Br)cc3F)n2)c(C)c1. The molecule has 3 aromatic rings. The number of carbonyl (C=O) groups excluding carboxylic acids is 1. The lowest BCUT2D eigenvalue weighted by Gasteiger charge is -2.06. The van der Waals surface area contributed by atoms with Gasteiger partial charge < -0.3 is 5.32 Å². The first-order valence-corrected chi connectivity index (χ1v) is 8.42. The molecule has 0 atom stereocenters. The molecule has 0 unspecified atom stereocenters. The predicted molar refractivity (Wildman–Crippen MR) is 97.6 cm³/mol. The normalized spacial score (nSPS) is 10.8. The van der Waals surface area contributed by atoms with Gasteiger partial charge in [-0.3, -0.25) is 4.79 Å². The van der Waals surface area contributed by atoms with Gasteiger partial charge in [0.25, 0.3) is 5.91 Å². The maximum absolute atomic E-state index is 13.9. The molecule has 0 aliphatic rings. The minimum atomic E-state index is -0.526. The van der Waals surface area contributed by atoms with Gasteiger partial charge in [0.1, 0.15) is 5.82 Å². The first-order chi connectivity index (χ1) is 11.8. The van der Waals surface area contributed by atoms with Crippen molar-refractivity contribution < 1.29 is 9.18 Å². The van der Waals surface area contributed by atoms with Crippen molar-refractivity contribution in [1.82, 2.24) is 15.0 Å². The zero-order valence-corrected chi connectivity index (χ0v) is 15.6. The van der Waals surface area contributed by atoms with Gasteiger partial charge in [0.05, 0.1) is 17.1 Å². The highest BCUT2D eigenvalue weighted by Crippen LogP contribution is 2.20. The maximum Gasteiger partial charge on any atom is 0.278 e. The van der Waals surface area contributed by atoms with Crippen molar-refractivity contribution in [2.75, 3.05) is 5.32 Å². The molecule has 0 fully saturated rings. The third kappa shape index (κ3) is 3.61. The summed E-state index contributed by atoms with van der Waals surface area (Å²) in [4.78, 5) is 13.9. The van der Waals surface area contributed by atoms with Crippen molar-refractivity contribution in [3.05, 3.63) is 69.2 Å². The number of hydrogen-bond donors (Lipinski definition) is 1. The molecule has 1 amide bonds. The molecule has 0 spiro atoms. The number of aryl methyl sites for hydroxylation is 3. The molecule has 0 saturated heterocycles. The third-order valence-corrected chi connectivity index (χ3v) is 4.24. The van der Waals surface area contributed by atoms with E-state index in [1.54, 1.807) is 13.0 Å². The molecule has 0 radical (unpaired) electrons. The fraction of sp³-hybridized carbons (Fsp3) is 0.167. The van der Waals surface area contributed by atoms with Gasteiger partial charge in [0.15, 0.2) is 5.69 Å². The maximum atomic E-state index is 13.9. The fourth-order valence-corrected chi connectivity index (χ4v) is 2.83. The fourth-order valence-electron chi connectivity index (χ4n) is 2.50. The topological polar surface area (TPSA) is 59.8 Å².